The first kappa shape index (κ1) is 21.9. The molecule has 0 saturated carbocycles. The minimum absolute atomic E-state index is 0.206. The number of nitrogens with zero attached hydrogens (tertiary/aromatic N) is 3. The summed E-state index contributed by atoms with van der Waals surface area (Å²) < 4.78 is 20.5. The van der Waals surface area contributed by atoms with Gasteiger partial charge in [-0.3, -0.25) is 9.69 Å². The highest BCUT2D eigenvalue weighted by Gasteiger charge is 2.50. The number of amides is 2. The van der Waals surface area contributed by atoms with Gasteiger partial charge in [-0.1, -0.05) is 0 Å². The molecular formula is C23H32FN3O4. The van der Waals surface area contributed by atoms with Crippen LogP contribution >= 0.6 is 0 Å². The third-order valence-corrected chi connectivity index (χ3v) is 7.03. The van der Waals surface area contributed by atoms with Crippen molar-refractivity contribution >= 4 is 23.4 Å². The molecule has 8 heteroatoms. The van der Waals surface area contributed by atoms with Gasteiger partial charge in [0.25, 0.3) is 0 Å². The summed E-state index contributed by atoms with van der Waals surface area (Å²) in [7, 11) is 0. The number of rotatable bonds is 4. The van der Waals surface area contributed by atoms with Gasteiger partial charge in [0.15, 0.2) is 0 Å². The molecule has 2 amide bonds. The molecule has 1 N–H and O–H groups in total. The van der Waals surface area contributed by atoms with Crippen molar-refractivity contribution in [3.8, 4) is 0 Å². The van der Waals surface area contributed by atoms with Crippen molar-refractivity contribution < 1.29 is 23.8 Å². The van der Waals surface area contributed by atoms with E-state index in [4.69, 9.17) is 4.74 Å². The lowest BCUT2D eigenvalue weighted by Gasteiger charge is -2.41. The van der Waals surface area contributed by atoms with Crippen molar-refractivity contribution in [2.24, 2.45) is 5.41 Å². The summed E-state index contributed by atoms with van der Waals surface area (Å²) in [5.41, 5.74) is 0.305. The fourth-order valence-corrected chi connectivity index (χ4v) is 5.44. The lowest BCUT2D eigenvalue weighted by molar-refractivity contribution is -0.139. The molecule has 1 aromatic rings. The van der Waals surface area contributed by atoms with Crippen LogP contribution in [0.1, 0.15) is 46.0 Å². The topological polar surface area (TPSA) is 73.3 Å². The first-order chi connectivity index (χ1) is 14.8. The summed E-state index contributed by atoms with van der Waals surface area (Å²) in [6.45, 7) is 6.88. The Morgan fingerprint density at radius 2 is 2.00 bits per heavy atom. The van der Waals surface area contributed by atoms with Crippen molar-refractivity contribution in [2.75, 3.05) is 42.6 Å². The first-order valence-corrected chi connectivity index (χ1v) is 11.3. The summed E-state index contributed by atoms with van der Waals surface area (Å²) in [5.74, 6) is -0.244. The number of likely N-dealkylation sites (tertiary alicyclic amines) is 1. The number of carboxylic acid groups (broad SMARTS) is 1. The Bertz CT molecular complexity index is 842. The smallest absolute Gasteiger partial charge is 0.412 e. The van der Waals surface area contributed by atoms with Crippen LogP contribution in [0.2, 0.25) is 0 Å². The highest BCUT2D eigenvalue weighted by molar-refractivity contribution is 5.87. The van der Waals surface area contributed by atoms with E-state index in [1.54, 1.807) is 26.0 Å². The van der Waals surface area contributed by atoms with Gasteiger partial charge in [0, 0.05) is 44.9 Å². The van der Waals surface area contributed by atoms with E-state index < -0.39 is 17.3 Å². The van der Waals surface area contributed by atoms with Crippen molar-refractivity contribution in [3.63, 3.8) is 0 Å². The average Bonchev–Trinajstić information content (AvgIpc) is 3.04. The fraction of sp³-hybridized carbons (Fsp3) is 0.652. The average molecular weight is 434 g/mol. The second kappa shape index (κ2) is 8.65. The molecule has 4 rings (SSSR count). The third-order valence-electron chi connectivity index (χ3n) is 7.03. The minimum Gasteiger partial charge on any atom is -0.465 e. The number of hydrogen-bond acceptors (Lipinski definition) is 4. The molecular weight excluding hydrogens is 401 g/mol. The molecule has 1 aromatic carbocycles. The summed E-state index contributed by atoms with van der Waals surface area (Å²) in [6.07, 6.45) is 3.14. The van der Waals surface area contributed by atoms with Crippen LogP contribution in [0.15, 0.2) is 18.2 Å². The molecule has 31 heavy (non-hydrogen) atoms. The summed E-state index contributed by atoms with van der Waals surface area (Å²) in [4.78, 5) is 30.1. The van der Waals surface area contributed by atoms with Crippen LogP contribution in [0.3, 0.4) is 0 Å². The van der Waals surface area contributed by atoms with Crippen LogP contribution in [0.5, 0.6) is 0 Å². The van der Waals surface area contributed by atoms with Crippen molar-refractivity contribution in [1.82, 2.24) is 4.90 Å². The van der Waals surface area contributed by atoms with Gasteiger partial charge in [0.1, 0.15) is 5.82 Å². The highest BCUT2D eigenvalue weighted by atomic mass is 19.1. The Hall–Kier alpha value is -2.35. The molecule has 0 unspecified atom stereocenters. The van der Waals surface area contributed by atoms with Gasteiger partial charge in [-0.15, -0.1) is 0 Å². The maximum atomic E-state index is 15.1. The van der Waals surface area contributed by atoms with Gasteiger partial charge in [-0.25, -0.2) is 9.18 Å². The molecule has 3 heterocycles. The second-order valence-electron chi connectivity index (χ2n) is 9.28. The van der Waals surface area contributed by atoms with Crippen LogP contribution in [-0.2, 0) is 9.53 Å². The zero-order valence-corrected chi connectivity index (χ0v) is 18.3. The summed E-state index contributed by atoms with van der Waals surface area (Å²) in [5, 5.41) is 9.45. The van der Waals surface area contributed by atoms with Crippen LogP contribution < -0.4 is 9.80 Å². The molecule has 170 valence electrons. The van der Waals surface area contributed by atoms with E-state index in [9.17, 15) is 14.7 Å². The number of carbonyl (C=O) groups excluding carboxylic acids is 1. The molecule has 7 nitrogen and oxygen atoms in total. The quantitative estimate of drug-likeness (QED) is 0.784. The molecule has 1 spiro atoms. The summed E-state index contributed by atoms with van der Waals surface area (Å²) in [6, 6.07) is 4.55. The van der Waals surface area contributed by atoms with Gasteiger partial charge in [0.2, 0.25) is 5.91 Å². The van der Waals surface area contributed by atoms with E-state index in [-0.39, 0.29) is 18.0 Å². The highest BCUT2D eigenvalue weighted by Crippen LogP contribution is 2.43. The number of hydrogen-bond donors (Lipinski definition) is 1. The van der Waals surface area contributed by atoms with Crippen LogP contribution in [0, 0.1) is 11.2 Å². The number of ether oxygens (including phenoxy) is 1. The zero-order chi connectivity index (χ0) is 22.2. The Morgan fingerprint density at radius 1 is 1.26 bits per heavy atom. The van der Waals surface area contributed by atoms with Gasteiger partial charge in [-0.2, -0.15) is 0 Å². The molecule has 1 atom stereocenters. The number of halogens is 1. The van der Waals surface area contributed by atoms with Crippen LogP contribution in [0.25, 0.3) is 0 Å². The third kappa shape index (κ3) is 4.10. The largest absolute Gasteiger partial charge is 0.465 e. The summed E-state index contributed by atoms with van der Waals surface area (Å²) >= 11 is 0. The van der Waals surface area contributed by atoms with Crippen LogP contribution in [-0.4, -0.2) is 66.9 Å². The number of carbonyl (C=O) groups is 2. The molecule has 3 aliphatic rings. The van der Waals surface area contributed by atoms with Crippen LogP contribution in [0.4, 0.5) is 20.6 Å². The molecule has 3 fully saturated rings. The number of anilines is 2. The molecule has 0 bridgehead atoms. The molecule has 0 aromatic heterocycles. The number of benzene rings is 1. The maximum Gasteiger partial charge on any atom is 0.412 e. The van der Waals surface area contributed by atoms with Crippen molar-refractivity contribution in [1.29, 1.82) is 0 Å². The predicted octanol–water partition coefficient (Wildman–Crippen LogP) is 3.72. The second-order valence-corrected chi connectivity index (χ2v) is 9.28. The number of piperidine rings is 1. The van der Waals surface area contributed by atoms with Gasteiger partial charge in [0.05, 0.1) is 16.8 Å². The normalized spacial score (nSPS) is 25.0. The van der Waals surface area contributed by atoms with Gasteiger partial charge in [-0.05, 0) is 64.2 Å². The maximum absolute atomic E-state index is 15.1. The zero-order valence-electron chi connectivity index (χ0n) is 18.3. The van der Waals surface area contributed by atoms with Crippen molar-refractivity contribution in [2.45, 2.75) is 58.0 Å². The first-order valence-electron chi connectivity index (χ1n) is 11.3. The van der Waals surface area contributed by atoms with Gasteiger partial charge >= 0.3 is 6.09 Å². The molecule has 0 radical (unpaired) electrons. The SMILES string of the molecule is CC(C)N(C(=O)O)c1ccc(N2CCC[C@]3(CCN(C4CCOCC4)C3=O)C2)c(F)c1. The van der Waals surface area contributed by atoms with E-state index in [1.165, 1.54) is 6.07 Å². The standard InChI is InChI=1S/C23H32FN3O4/c1-16(2)27(22(29)30)18-4-5-20(19(24)14-18)25-10-3-8-23(15-25)9-11-26(21(23)28)17-6-12-31-13-7-17/h4-5,14,16-17H,3,6-13,15H2,1-2H3,(H,29,30)/t23-/m0/s1. The Morgan fingerprint density at radius 3 is 2.65 bits per heavy atom. The Labute approximate surface area is 182 Å². The Kier molecular flexibility index (Phi) is 6.10. The van der Waals surface area contributed by atoms with E-state index in [0.717, 1.165) is 43.5 Å². The van der Waals surface area contributed by atoms with Gasteiger partial charge < -0.3 is 19.6 Å². The van der Waals surface area contributed by atoms with E-state index >= 15 is 4.39 Å². The van der Waals surface area contributed by atoms with E-state index in [0.29, 0.717) is 37.7 Å². The van der Waals surface area contributed by atoms with E-state index in [1.807, 2.05) is 9.80 Å². The van der Waals surface area contributed by atoms with E-state index in [2.05, 4.69) is 0 Å². The molecule has 0 aliphatic carbocycles. The minimum atomic E-state index is -1.11. The Balaban J connectivity index is 1.52. The predicted molar refractivity (Wildman–Crippen MR) is 116 cm³/mol. The fourth-order valence-electron chi connectivity index (χ4n) is 5.44. The monoisotopic (exact) mass is 433 g/mol. The molecule has 3 saturated heterocycles. The van der Waals surface area contributed by atoms with Crippen molar-refractivity contribution in [3.05, 3.63) is 24.0 Å². The lowest BCUT2D eigenvalue weighted by atomic mass is 9.78. The lowest BCUT2D eigenvalue weighted by Crippen LogP contribution is -2.50. The molecule has 3 aliphatic heterocycles.